The summed E-state index contributed by atoms with van der Waals surface area (Å²) in [6.07, 6.45) is 2.90. The molecular weight excluding hydrogens is 268 g/mol. The summed E-state index contributed by atoms with van der Waals surface area (Å²) in [6, 6.07) is 6.08. The molecule has 0 bridgehead atoms. The molecular formula is C11H6N4O3S. The van der Waals surface area contributed by atoms with E-state index in [2.05, 4.69) is 10.1 Å². The number of fused-ring (bicyclic) bond motifs is 1. The number of rotatable bonds is 2. The number of nitro benzene ring substituents is 1. The summed E-state index contributed by atoms with van der Waals surface area (Å²) in [4.78, 5) is 26.6. The van der Waals surface area contributed by atoms with E-state index in [1.54, 1.807) is 18.2 Å². The van der Waals surface area contributed by atoms with Crippen LogP contribution in [0.3, 0.4) is 0 Å². The maximum Gasteiger partial charge on any atom is 0.291 e. The number of hydrogen-bond acceptors (Lipinski definition) is 6. The maximum absolute atomic E-state index is 11.9. The van der Waals surface area contributed by atoms with Crippen molar-refractivity contribution in [3.05, 3.63) is 61.2 Å². The first-order valence-electron chi connectivity index (χ1n) is 5.24. The van der Waals surface area contributed by atoms with E-state index in [4.69, 9.17) is 0 Å². The van der Waals surface area contributed by atoms with Gasteiger partial charge in [-0.15, -0.1) is 0 Å². The SMILES string of the molecule is O=c1c(=Cc2cccc([N+](=O)[O-])c2)sc2ncnn12. The van der Waals surface area contributed by atoms with Gasteiger partial charge in [-0.05, 0) is 11.6 Å². The summed E-state index contributed by atoms with van der Waals surface area (Å²) in [5, 5.41) is 14.5. The quantitative estimate of drug-likeness (QED) is 0.504. The summed E-state index contributed by atoms with van der Waals surface area (Å²) >= 11 is 1.19. The fourth-order valence-electron chi connectivity index (χ4n) is 1.66. The highest BCUT2D eigenvalue weighted by Crippen LogP contribution is 2.13. The standard InChI is InChI=1S/C11H6N4O3S/c16-10-9(19-11-12-6-13-14(10)11)5-7-2-1-3-8(4-7)15(17)18/h1-6H. The Labute approximate surface area is 109 Å². The van der Waals surface area contributed by atoms with Gasteiger partial charge in [-0.25, -0.2) is 4.98 Å². The average molecular weight is 274 g/mol. The lowest BCUT2D eigenvalue weighted by Gasteiger charge is -1.92. The van der Waals surface area contributed by atoms with Gasteiger partial charge in [0.25, 0.3) is 11.2 Å². The number of nitrogens with zero attached hydrogens (tertiary/aromatic N) is 4. The van der Waals surface area contributed by atoms with Crippen LogP contribution in [0.15, 0.2) is 35.4 Å². The van der Waals surface area contributed by atoms with Crippen molar-refractivity contribution in [1.29, 1.82) is 0 Å². The third-order valence-corrected chi connectivity index (χ3v) is 3.47. The first-order valence-corrected chi connectivity index (χ1v) is 6.05. The van der Waals surface area contributed by atoms with Gasteiger partial charge in [0.2, 0.25) is 4.96 Å². The lowest BCUT2D eigenvalue weighted by molar-refractivity contribution is -0.384. The van der Waals surface area contributed by atoms with E-state index in [0.717, 1.165) is 0 Å². The van der Waals surface area contributed by atoms with Gasteiger partial charge in [0.15, 0.2) is 0 Å². The Morgan fingerprint density at radius 3 is 3.00 bits per heavy atom. The minimum atomic E-state index is -0.474. The van der Waals surface area contributed by atoms with Crippen molar-refractivity contribution in [2.75, 3.05) is 0 Å². The van der Waals surface area contributed by atoms with E-state index >= 15 is 0 Å². The molecule has 3 rings (SSSR count). The lowest BCUT2D eigenvalue weighted by Crippen LogP contribution is -2.23. The summed E-state index contributed by atoms with van der Waals surface area (Å²) in [7, 11) is 0. The Kier molecular flexibility index (Phi) is 2.57. The van der Waals surface area contributed by atoms with Crippen molar-refractivity contribution in [3.8, 4) is 0 Å². The fraction of sp³-hybridized carbons (Fsp3) is 0. The second-order valence-electron chi connectivity index (χ2n) is 3.72. The number of thiazole rings is 1. The Morgan fingerprint density at radius 2 is 2.26 bits per heavy atom. The molecule has 0 saturated heterocycles. The number of non-ortho nitro benzene ring substituents is 1. The Morgan fingerprint density at radius 1 is 1.42 bits per heavy atom. The second-order valence-corrected chi connectivity index (χ2v) is 4.73. The number of nitro groups is 1. The number of aromatic nitrogens is 3. The van der Waals surface area contributed by atoms with Crippen molar-refractivity contribution in [1.82, 2.24) is 14.6 Å². The predicted octanol–water partition coefficient (Wildman–Crippen LogP) is 0.607. The van der Waals surface area contributed by atoms with Gasteiger partial charge in [-0.1, -0.05) is 23.5 Å². The highest BCUT2D eigenvalue weighted by Gasteiger charge is 2.07. The largest absolute Gasteiger partial charge is 0.291 e. The molecule has 19 heavy (non-hydrogen) atoms. The van der Waals surface area contributed by atoms with E-state index < -0.39 is 4.92 Å². The summed E-state index contributed by atoms with van der Waals surface area (Å²) in [5.74, 6) is 0. The van der Waals surface area contributed by atoms with Crippen molar-refractivity contribution in [2.24, 2.45) is 0 Å². The molecule has 1 aromatic carbocycles. The molecule has 0 unspecified atom stereocenters. The van der Waals surface area contributed by atoms with E-state index in [-0.39, 0.29) is 11.2 Å². The van der Waals surface area contributed by atoms with E-state index in [1.807, 2.05) is 0 Å². The summed E-state index contributed by atoms with van der Waals surface area (Å²) in [5.41, 5.74) is 0.306. The van der Waals surface area contributed by atoms with E-state index in [1.165, 1.54) is 34.3 Å². The average Bonchev–Trinajstić information content (AvgIpc) is 2.95. The zero-order valence-electron chi connectivity index (χ0n) is 9.39. The zero-order chi connectivity index (χ0) is 13.4. The molecule has 0 radical (unpaired) electrons. The van der Waals surface area contributed by atoms with Gasteiger partial charge < -0.3 is 0 Å². The normalized spacial score (nSPS) is 12.1. The van der Waals surface area contributed by atoms with Crippen LogP contribution in [0, 0.1) is 10.1 Å². The van der Waals surface area contributed by atoms with Gasteiger partial charge in [0.05, 0.1) is 9.46 Å². The molecule has 0 spiro atoms. The molecule has 0 aliphatic rings. The molecule has 94 valence electrons. The highest BCUT2D eigenvalue weighted by atomic mass is 32.1. The van der Waals surface area contributed by atoms with Gasteiger partial charge in [0.1, 0.15) is 6.33 Å². The molecule has 0 aliphatic heterocycles. The Balaban J connectivity index is 2.17. The van der Waals surface area contributed by atoms with Crippen molar-refractivity contribution < 1.29 is 4.92 Å². The van der Waals surface area contributed by atoms with E-state index in [0.29, 0.717) is 15.1 Å². The topological polar surface area (TPSA) is 90.4 Å². The van der Waals surface area contributed by atoms with Gasteiger partial charge in [0, 0.05) is 12.1 Å². The van der Waals surface area contributed by atoms with E-state index in [9.17, 15) is 14.9 Å². The van der Waals surface area contributed by atoms with Crippen molar-refractivity contribution in [3.63, 3.8) is 0 Å². The molecule has 0 aliphatic carbocycles. The van der Waals surface area contributed by atoms with Crippen LogP contribution in [0.4, 0.5) is 5.69 Å². The van der Waals surface area contributed by atoms with Crippen molar-refractivity contribution in [2.45, 2.75) is 0 Å². The first-order chi connectivity index (χ1) is 9.15. The number of hydrogen-bond donors (Lipinski definition) is 0. The molecule has 3 aromatic rings. The van der Waals surface area contributed by atoms with Crippen LogP contribution in [0.25, 0.3) is 11.0 Å². The number of benzene rings is 1. The molecule has 8 heteroatoms. The molecule has 0 atom stereocenters. The predicted molar refractivity (Wildman–Crippen MR) is 69.0 cm³/mol. The first kappa shape index (κ1) is 11.5. The Bertz CT molecular complexity index is 883. The molecule has 0 fully saturated rings. The molecule has 0 saturated carbocycles. The van der Waals surface area contributed by atoms with Gasteiger partial charge in [-0.2, -0.15) is 9.61 Å². The van der Waals surface area contributed by atoms with Gasteiger partial charge in [-0.3, -0.25) is 14.9 Å². The van der Waals surface area contributed by atoms with Crippen LogP contribution in [0.1, 0.15) is 5.56 Å². The van der Waals surface area contributed by atoms with Crippen LogP contribution in [0.5, 0.6) is 0 Å². The maximum atomic E-state index is 11.9. The third kappa shape index (κ3) is 1.97. The smallest absolute Gasteiger partial charge is 0.266 e. The van der Waals surface area contributed by atoms with Crippen molar-refractivity contribution >= 4 is 28.1 Å². The van der Waals surface area contributed by atoms with Crippen LogP contribution < -0.4 is 10.1 Å². The summed E-state index contributed by atoms with van der Waals surface area (Å²) in [6.45, 7) is 0. The lowest BCUT2D eigenvalue weighted by atomic mass is 10.2. The molecule has 7 nitrogen and oxygen atoms in total. The molecule has 2 aromatic heterocycles. The van der Waals surface area contributed by atoms with Gasteiger partial charge >= 0.3 is 0 Å². The highest BCUT2D eigenvalue weighted by molar-refractivity contribution is 7.15. The zero-order valence-corrected chi connectivity index (χ0v) is 10.2. The fourth-order valence-corrected chi connectivity index (χ4v) is 2.54. The molecule has 0 N–H and O–H groups in total. The van der Waals surface area contributed by atoms with Crippen LogP contribution in [-0.2, 0) is 0 Å². The minimum absolute atomic E-state index is 0.0133. The molecule has 2 heterocycles. The Hall–Kier alpha value is -2.61. The van der Waals surface area contributed by atoms with Crippen LogP contribution >= 0.6 is 11.3 Å². The van der Waals surface area contributed by atoms with Crippen LogP contribution in [-0.4, -0.2) is 19.5 Å². The van der Waals surface area contributed by atoms with Crippen LogP contribution in [0.2, 0.25) is 0 Å². The molecule has 0 amide bonds. The summed E-state index contributed by atoms with van der Waals surface area (Å²) < 4.78 is 1.64. The minimum Gasteiger partial charge on any atom is -0.266 e. The second kappa shape index (κ2) is 4.25. The third-order valence-electron chi connectivity index (χ3n) is 2.50. The monoisotopic (exact) mass is 274 g/mol.